The van der Waals surface area contributed by atoms with E-state index in [1.165, 1.54) is 0 Å². The summed E-state index contributed by atoms with van der Waals surface area (Å²) < 4.78 is 16.4. The van der Waals surface area contributed by atoms with Crippen LogP contribution in [0.3, 0.4) is 0 Å². The molecule has 0 saturated carbocycles. The molecule has 1 fully saturated rings. The minimum Gasteiger partial charge on any atom is -0.493 e. The van der Waals surface area contributed by atoms with Gasteiger partial charge in [0.05, 0.1) is 37.6 Å². The summed E-state index contributed by atoms with van der Waals surface area (Å²) in [7, 11) is 1.60. The summed E-state index contributed by atoms with van der Waals surface area (Å²) in [5.41, 5.74) is 1.51. The Morgan fingerprint density at radius 3 is 2.72 bits per heavy atom. The number of nitriles is 1. The maximum absolute atomic E-state index is 9.19. The lowest BCUT2D eigenvalue weighted by molar-refractivity contribution is 0.227. The molecule has 1 unspecified atom stereocenters. The Bertz CT molecular complexity index is 473. The van der Waals surface area contributed by atoms with E-state index in [9.17, 15) is 5.26 Å². The Hall–Kier alpha value is -1.73. The topological polar surface area (TPSA) is 54.8 Å². The number of methoxy groups -OCH3 is 1. The van der Waals surface area contributed by atoms with Gasteiger partial charge in [0.15, 0.2) is 11.5 Å². The lowest BCUT2D eigenvalue weighted by Gasteiger charge is -2.18. The highest BCUT2D eigenvalue weighted by molar-refractivity contribution is 5.55. The molecule has 96 valence electrons. The Kier molecular flexibility index (Phi) is 3.73. The fraction of sp³-hybridized carbons (Fsp3) is 0.500. The van der Waals surface area contributed by atoms with Gasteiger partial charge in [-0.05, 0) is 26.0 Å². The van der Waals surface area contributed by atoms with E-state index >= 15 is 0 Å². The second-order valence-electron chi connectivity index (χ2n) is 4.56. The van der Waals surface area contributed by atoms with E-state index in [4.69, 9.17) is 14.2 Å². The van der Waals surface area contributed by atoms with Gasteiger partial charge in [0.2, 0.25) is 0 Å². The molecular formula is C14H17NO3. The standard InChI is InChI=1S/C14H17NO3/c1-9(2)18-14-12(6-11-8-17-11)10(7-15)4-5-13(14)16-3/h4-5,9,11H,6,8H2,1-3H3. The molecule has 2 rings (SSSR count). The molecule has 0 bridgehead atoms. The number of epoxide rings is 1. The van der Waals surface area contributed by atoms with Gasteiger partial charge >= 0.3 is 0 Å². The zero-order valence-electron chi connectivity index (χ0n) is 10.9. The summed E-state index contributed by atoms with van der Waals surface area (Å²) in [6.07, 6.45) is 0.938. The van der Waals surface area contributed by atoms with Gasteiger partial charge in [0, 0.05) is 12.0 Å². The number of hydrogen-bond donors (Lipinski definition) is 0. The van der Waals surface area contributed by atoms with Gasteiger partial charge in [-0.1, -0.05) is 0 Å². The molecule has 1 heterocycles. The van der Waals surface area contributed by atoms with Gasteiger partial charge < -0.3 is 14.2 Å². The smallest absolute Gasteiger partial charge is 0.166 e. The van der Waals surface area contributed by atoms with E-state index in [2.05, 4.69) is 6.07 Å². The molecule has 18 heavy (non-hydrogen) atoms. The maximum Gasteiger partial charge on any atom is 0.166 e. The zero-order valence-corrected chi connectivity index (χ0v) is 10.9. The summed E-state index contributed by atoms with van der Waals surface area (Å²) in [5, 5.41) is 9.19. The third-order valence-electron chi connectivity index (χ3n) is 2.75. The van der Waals surface area contributed by atoms with E-state index in [0.29, 0.717) is 23.5 Å². The first-order chi connectivity index (χ1) is 8.65. The summed E-state index contributed by atoms with van der Waals surface area (Å²) in [5.74, 6) is 1.33. The van der Waals surface area contributed by atoms with E-state index in [-0.39, 0.29) is 12.2 Å². The summed E-state index contributed by atoms with van der Waals surface area (Å²) >= 11 is 0. The Labute approximate surface area is 107 Å². The van der Waals surface area contributed by atoms with Gasteiger partial charge in [-0.15, -0.1) is 0 Å². The highest BCUT2D eigenvalue weighted by atomic mass is 16.6. The van der Waals surface area contributed by atoms with E-state index < -0.39 is 0 Å². The van der Waals surface area contributed by atoms with Crippen LogP contribution in [0.25, 0.3) is 0 Å². The van der Waals surface area contributed by atoms with Crippen molar-refractivity contribution in [2.24, 2.45) is 0 Å². The van der Waals surface area contributed by atoms with Crippen molar-refractivity contribution in [1.29, 1.82) is 5.26 Å². The highest BCUT2D eigenvalue weighted by Gasteiger charge is 2.27. The molecule has 4 heteroatoms. The van der Waals surface area contributed by atoms with Crippen molar-refractivity contribution >= 4 is 0 Å². The van der Waals surface area contributed by atoms with Crippen LogP contribution in [0.15, 0.2) is 12.1 Å². The second kappa shape index (κ2) is 5.28. The predicted molar refractivity (Wildman–Crippen MR) is 66.9 cm³/mol. The van der Waals surface area contributed by atoms with E-state index in [1.807, 2.05) is 13.8 Å². The number of nitrogens with zero attached hydrogens (tertiary/aromatic N) is 1. The zero-order chi connectivity index (χ0) is 13.1. The monoisotopic (exact) mass is 247 g/mol. The molecule has 0 amide bonds. The maximum atomic E-state index is 9.19. The van der Waals surface area contributed by atoms with Crippen molar-refractivity contribution in [3.8, 4) is 17.6 Å². The second-order valence-corrected chi connectivity index (χ2v) is 4.56. The van der Waals surface area contributed by atoms with Gasteiger partial charge in [0.1, 0.15) is 0 Å². The van der Waals surface area contributed by atoms with Crippen molar-refractivity contribution < 1.29 is 14.2 Å². The molecule has 4 nitrogen and oxygen atoms in total. The molecule has 1 aromatic carbocycles. The number of ether oxygens (including phenoxy) is 3. The third-order valence-corrected chi connectivity index (χ3v) is 2.75. The van der Waals surface area contributed by atoms with E-state index in [0.717, 1.165) is 12.2 Å². The Morgan fingerprint density at radius 1 is 1.50 bits per heavy atom. The van der Waals surface area contributed by atoms with Crippen LogP contribution < -0.4 is 9.47 Å². The van der Waals surface area contributed by atoms with Crippen molar-refractivity contribution in [3.05, 3.63) is 23.3 Å². The summed E-state index contributed by atoms with van der Waals surface area (Å²) in [6, 6.07) is 5.74. The fourth-order valence-corrected chi connectivity index (χ4v) is 1.85. The first-order valence-corrected chi connectivity index (χ1v) is 6.04. The fourth-order valence-electron chi connectivity index (χ4n) is 1.85. The van der Waals surface area contributed by atoms with Crippen LogP contribution in [0.1, 0.15) is 25.0 Å². The number of rotatable bonds is 5. The molecule has 0 aliphatic carbocycles. The highest BCUT2D eigenvalue weighted by Crippen LogP contribution is 2.36. The summed E-state index contributed by atoms with van der Waals surface area (Å²) in [6.45, 7) is 4.66. The van der Waals surface area contributed by atoms with Crippen LogP contribution in [0.5, 0.6) is 11.5 Å². The molecule has 0 spiro atoms. The van der Waals surface area contributed by atoms with Gasteiger partial charge in [0.25, 0.3) is 0 Å². The molecule has 0 radical (unpaired) electrons. The molecule has 0 aromatic heterocycles. The Morgan fingerprint density at radius 2 is 2.22 bits per heavy atom. The Balaban J connectivity index is 2.43. The minimum absolute atomic E-state index is 0.0340. The molecule has 1 aliphatic rings. The van der Waals surface area contributed by atoms with Crippen molar-refractivity contribution in [3.63, 3.8) is 0 Å². The molecule has 0 N–H and O–H groups in total. The van der Waals surface area contributed by atoms with Crippen LogP contribution >= 0.6 is 0 Å². The molecule has 1 aliphatic heterocycles. The van der Waals surface area contributed by atoms with Gasteiger partial charge in [-0.2, -0.15) is 5.26 Å². The van der Waals surface area contributed by atoms with Crippen LogP contribution in [0.2, 0.25) is 0 Å². The predicted octanol–water partition coefficient (Wildman–Crippen LogP) is 2.30. The average molecular weight is 247 g/mol. The molecule has 1 saturated heterocycles. The van der Waals surface area contributed by atoms with Crippen LogP contribution in [0, 0.1) is 11.3 Å². The minimum atomic E-state index is 0.0340. The summed E-state index contributed by atoms with van der Waals surface area (Å²) in [4.78, 5) is 0. The van der Waals surface area contributed by atoms with Gasteiger partial charge in [-0.25, -0.2) is 0 Å². The normalized spacial score (nSPS) is 17.4. The number of benzene rings is 1. The van der Waals surface area contributed by atoms with Crippen molar-refractivity contribution in [2.45, 2.75) is 32.5 Å². The first-order valence-electron chi connectivity index (χ1n) is 6.04. The SMILES string of the molecule is COc1ccc(C#N)c(CC2CO2)c1OC(C)C. The lowest BCUT2D eigenvalue weighted by atomic mass is 10.0. The van der Waals surface area contributed by atoms with Crippen molar-refractivity contribution in [2.75, 3.05) is 13.7 Å². The van der Waals surface area contributed by atoms with E-state index in [1.54, 1.807) is 19.2 Å². The molecular weight excluding hydrogens is 230 g/mol. The number of hydrogen-bond acceptors (Lipinski definition) is 4. The third kappa shape index (κ3) is 2.74. The quantitative estimate of drug-likeness (QED) is 0.749. The lowest BCUT2D eigenvalue weighted by Crippen LogP contribution is -2.11. The van der Waals surface area contributed by atoms with Crippen LogP contribution in [-0.2, 0) is 11.2 Å². The van der Waals surface area contributed by atoms with Crippen LogP contribution in [-0.4, -0.2) is 25.9 Å². The first kappa shape index (κ1) is 12.7. The molecule has 1 aromatic rings. The van der Waals surface area contributed by atoms with Crippen LogP contribution in [0.4, 0.5) is 0 Å². The largest absolute Gasteiger partial charge is 0.493 e. The van der Waals surface area contributed by atoms with Gasteiger partial charge in [-0.3, -0.25) is 0 Å². The average Bonchev–Trinajstić information content (AvgIpc) is 3.14. The molecule has 1 atom stereocenters. The van der Waals surface area contributed by atoms with Crippen molar-refractivity contribution in [1.82, 2.24) is 0 Å².